The highest BCUT2D eigenvalue weighted by Gasteiger charge is 2.09. The average Bonchev–Trinajstić information content (AvgIpc) is 3.18. The number of benzene rings is 2. The van der Waals surface area contributed by atoms with Gasteiger partial charge in [-0.25, -0.2) is 19.7 Å². The SMILES string of the molecule is CCN(CC)c1ccc2cc(/C=C/c3nc4nc5cc(Br)ccc5nc4s3)c(=O)oc2c1. The standard InChI is InChI=1S/C24H19BrN4O2S/c1-3-29(4-2)17-8-5-14-11-15(24(30)31-20(14)13-17)6-10-21-28-22-23(32-21)27-18-9-7-16(25)12-19(18)26-22/h5-13H,3-4H2,1-2H3/b10-6+. The van der Waals surface area contributed by atoms with Gasteiger partial charge < -0.3 is 9.32 Å². The zero-order chi connectivity index (χ0) is 22.2. The molecule has 32 heavy (non-hydrogen) atoms. The fourth-order valence-electron chi connectivity index (χ4n) is 3.62. The Hall–Kier alpha value is -3.10. The molecule has 0 aliphatic heterocycles. The van der Waals surface area contributed by atoms with Crippen LogP contribution >= 0.6 is 27.3 Å². The molecule has 3 aromatic heterocycles. The number of fused-ring (bicyclic) bond motifs is 3. The first-order chi connectivity index (χ1) is 15.5. The molecule has 0 unspecified atom stereocenters. The second kappa shape index (κ2) is 8.44. The van der Waals surface area contributed by atoms with Gasteiger partial charge in [0.15, 0.2) is 10.5 Å². The molecule has 0 radical (unpaired) electrons. The summed E-state index contributed by atoms with van der Waals surface area (Å²) in [7, 11) is 0. The Morgan fingerprint density at radius 2 is 1.84 bits per heavy atom. The summed E-state index contributed by atoms with van der Waals surface area (Å²) >= 11 is 4.89. The van der Waals surface area contributed by atoms with Crippen LogP contribution in [-0.2, 0) is 0 Å². The van der Waals surface area contributed by atoms with Gasteiger partial charge >= 0.3 is 5.63 Å². The molecule has 2 aromatic carbocycles. The normalized spacial score (nSPS) is 11.8. The van der Waals surface area contributed by atoms with Gasteiger partial charge in [-0.3, -0.25) is 0 Å². The molecule has 160 valence electrons. The fourth-order valence-corrected chi connectivity index (χ4v) is 4.76. The number of nitrogens with zero attached hydrogens (tertiary/aromatic N) is 4. The van der Waals surface area contributed by atoms with Gasteiger partial charge in [-0.15, -0.1) is 0 Å². The van der Waals surface area contributed by atoms with Crippen LogP contribution in [0.1, 0.15) is 24.4 Å². The monoisotopic (exact) mass is 506 g/mol. The second-order valence-electron chi connectivity index (χ2n) is 7.25. The van der Waals surface area contributed by atoms with Crippen molar-refractivity contribution in [3.8, 4) is 0 Å². The predicted molar refractivity (Wildman–Crippen MR) is 135 cm³/mol. The summed E-state index contributed by atoms with van der Waals surface area (Å²) in [5.41, 5.74) is 3.92. The van der Waals surface area contributed by atoms with Gasteiger partial charge in [0.1, 0.15) is 10.6 Å². The van der Waals surface area contributed by atoms with Crippen molar-refractivity contribution in [2.75, 3.05) is 18.0 Å². The largest absolute Gasteiger partial charge is 0.422 e. The lowest BCUT2D eigenvalue weighted by atomic mass is 10.1. The van der Waals surface area contributed by atoms with Crippen molar-refractivity contribution in [2.24, 2.45) is 0 Å². The minimum Gasteiger partial charge on any atom is -0.422 e. The van der Waals surface area contributed by atoms with E-state index in [2.05, 4.69) is 55.7 Å². The van der Waals surface area contributed by atoms with Crippen molar-refractivity contribution in [3.05, 3.63) is 67.9 Å². The number of hydrogen-bond acceptors (Lipinski definition) is 7. The van der Waals surface area contributed by atoms with Crippen molar-refractivity contribution >= 4 is 77.6 Å². The van der Waals surface area contributed by atoms with Crippen LogP contribution in [0.25, 0.3) is 44.6 Å². The quantitative estimate of drug-likeness (QED) is 0.267. The first-order valence-corrected chi connectivity index (χ1v) is 11.9. The molecule has 0 fully saturated rings. The smallest absolute Gasteiger partial charge is 0.343 e. The molecular weight excluding hydrogens is 488 g/mol. The third-order valence-electron chi connectivity index (χ3n) is 5.28. The summed E-state index contributed by atoms with van der Waals surface area (Å²) in [6.45, 7) is 6.00. The number of halogens is 1. The molecule has 5 rings (SSSR count). The Morgan fingerprint density at radius 1 is 1.00 bits per heavy atom. The van der Waals surface area contributed by atoms with Crippen LogP contribution in [0.3, 0.4) is 0 Å². The minimum atomic E-state index is -0.376. The zero-order valence-corrected chi connectivity index (χ0v) is 19.9. The van der Waals surface area contributed by atoms with Crippen LogP contribution in [0, 0.1) is 0 Å². The zero-order valence-electron chi connectivity index (χ0n) is 17.5. The third-order valence-corrected chi connectivity index (χ3v) is 6.67. The van der Waals surface area contributed by atoms with E-state index in [1.165, 1.54) is 11.3 Å². The summed E-state index contributed by atoms with van der Waals surface area (Å²) in [4.78, 5) is 29.3. The molecule has 0 saturated heterocycles. The number of rotatable bonds is 5. The molecule has 3 heterocycles. The van der Waals surface area contributed by atoms with Gasteiger partial charge in [0, 0.05) is 34.7 Å². The Labute approximate surface area is 196 Å². The Bertz CT molecular complexity index is 1550. The Morgan fingerprint density at radius 3 is 2.66 bits per heavy atom. The highest BCUT2D eigenvalue weighted by molar-refractivity contribution is 9.10. The van der Waals surface area contributed by atoms with Gasteiger partial charge in [0.05, 0.1) is 16.6 Å². The number of aromatic nitrogens is 3. The van der Waals surface area contributed by atoms with Crippen LogP contribution in [-0.4, -0.2) is 28.0 Å². The maximum absolute atomic E-state index is 12.6. The van der Waals surface area contributed by atoms with E-state index in [0.29, 0.717) is 16.8 Å². The van der Waals surface area contributed by atoms with E-state index in [1.54, 1.807) is 12.2 Å². The number of hydrogen-bond donors (Lipinski definition) is 0. The van der Waals surface area contributed by atoms with Crippen LogP contribution in [0.15, 0.2) is 56.1 Å². The lowest BCUT2D eigenvalue weighted by Gasteiger charge is -2.20. The molecule has 0 atom stereocenters. The van der Waals surface area contributed by atoms with Crippen LogP contribution < -0.4 is 10.5 Å². The van der Waals surface area contributed by atoms with Crippen molar-refractivity contribution in [3.63, 3.8) is 0 Å². The highest BCUT2D eigenvalue weighted by atomic mass is 79.9. The molecule has 0 spiro atoms. The van der Waals surface area contributed by atoms with Crippen molar-refractivity contribution in [1.29, 1.82) is 0 Å². The molecule has 0 bridgehead atoms. The second-order valence-corrected chi connectivity index (χ2v) is 9.18. The molecule has 8 heteroatoms. The average molecular weight is 507 g/mol. The van der Waals surface area contributed by atoms with E-state index in [-0.39, 0.29) is 5.63 Å². The van der Waals surface area contributed by atoms with E-state index in [1.807, 2.05) is 36.4 Å². The number of anilines is 1. The van der Waals surface area contributed by atoms with Crippen LogP contribution in [0.5, 0.6) is 0 Å². The Balaban J connectivity index is 1.49. The maximum Gasteiger partial charge on any atom is 0.343 e. The van der Waals surface area contributed by atoms with E-state index in [0.717, 1.165) is 49.5 Å². The van der Waals surface area contributed by atoms with Gasteiger partial charge in [-0.05, 0) is 62.4 Å². The maximum atomic E-state index is 12.6. The van der Waals surface area contributed by atoms with E-state index < -0.39 is 0 Å². The van der Waals surface area contributed by atoms with Gasteiger partial charge in [0.2, 0.25) is 0 Å². The summed E-state index contributed by atoms with van der Waals surface area (Å²) in [6, 6.07) is 13.6. The Kier molecular flexibility index (Phi) is 5.48. The van der Waals surface area contributed by atoms with Crippen molar-refractivity contribution in [2.45, 2.75) is 13.8 Å². The third kappa shape index (κ3) is 3.91. The van der Waals surface area contributed by atoms with Crippen molar-refractivity contribution in [1.82, 2.24) is 15.0 Å². The number of thiazole rings is 1. The lowest BCUT2D eigenvalue weighted by molar-refractivity contribution is 0.559. The predicted octanol–water partition coefficient (Wildman–Crippen LogP) is 6.13. The molecule has 0 saturated carbocycles. The summed E-state index contributed by atoms with van der Waals surface area (Å²) in [5, 5.41) is 1.61. The molecule has 0 amide bonds. The van der Waals surface area contributed by atoms with Crippen LogP contribution in [0.2, 0.25) is 0 Å². The van der Waals surface area contributed by atoms with Gasteiger partial charge in [-0.2, -0.15) is 0 Å². The minimum absolute atomic E-state index is 0.376. The summed E-state index contributed by atoms with van der Waals surface area (Å²) < 4.78 is 6.55. The first kappa shape index (κ1) is 20.8. The molecule has 0 aliphatic rings. The highest BCUT2D eigenvalue weighted by Crippen LogP contribution is 2.26. The van der Waals surface area contributed by atoms with E-state index >= 15 is 0 Å². The molecular formula is C24H19BrN4O2S. The fraction of sp³-hybridized carbons (Fsp3) is 0.167. The molecule has 5 aromatic rings. The van der Waals surface area contributed by atoms with E-state index in [4.69, 9.17) is 4.42 Å². The summed E-state index contributed by atoms with van der Waals surface area (Å²) in [6.07, 6.45) is 3.54. The summed E-state index contributed by atoms with van der Waals surface area (Å²) in [5.74, 6) is 0. The van der Waals surface area contributed by atoms with Crippen molar-refractivity contribution < 1.29 is 4.42 Å². The topological polar surface area (TPSA) is 72.1 Å². The van der Waals surface area contributed by atoms with E-state index in [9.17, 15) is 4.79 Å². The molecule has 6 nitrogen and oxygen atoms in total. The van der Waals surface area contributed by atoms with Gasteiger partial charge in [-0.1, -0.05) is 27.3 Å². The van der Waals surface area contributed by atoms with Crippen LogP contribution in [0.4, 0.5) is 5.69 Å². The van der Waals surface area contributed by atoms with Gasteiger partial charge in [0.25, 0.3) is 0 Å². The molecule has 0 aliphatic carbocycles. The molecule has 0 N–H and O–H groups in total. The first-order valence-electron chi connectivity index (χ1n) is 10.3. The lowest BCUT2D eigenvalue weighted by Crippen LogP contribution is -2.21.